The number of rotatable bonds is 10. The Bertz CT molecular complexity index is 1330. The molecule has 0 saturated heterocycles. The average molecular weight is 510 g/mol. The van der Waals surface area contributed by atoms with Crippen LogP contribution in [-0.4, -0.2) is 17.5 Å². The normalized spacial score (nSPS) is 12.8. The van der Waals surface area contributed by atoms with E-state index in [4.69, 9.17) is 4.74 Å². The highest BCUT2D eigenvalue weighted by atomic mass is 19.1. The van der Waals surface area contributed by atoms with Crippen LogP contribution in [0, 0.1) is 19.7 Å². The van der Waals surface area contributed by atoms with E-state index in [9.17, 15) is 4.79 Å². The minimum absolute atomic E-state index is 0.0466. The van der Waals surface area contributed by atoms with Gasteiger partial charge in [-0.15, -0.1) is 0 Å². The number of halogens is 1. The highest BCUT2D eigenvalue weighted by molar-refractivity contribution is 5.73. The summed E-state index contributed by atoms with van der Waals surface area (Å²) in [5.41, 5.74) is 6.98. The molecule has 4 aromatic rings. The zero-order chi connectivity index (χ0) is 27.1. The van der Waals surface area contributed by atoms with Crippen LogP contribution in [0.15, 0.2) is 97.1 Å². The molecule has 2 unspecified atom stereocenters. The fraction of sp³-hybridized carbons (Fsp3) is 0.265. The Morgan fingerprint density at radius 3 is 2.13 bits per heavy atom. The van der Waals surface area contributed by atoms with Crippen molar-refractivity contribution in [1.29, 1.82) is 0 Å². The van der Waals surface area contributed by atoms with E-state index in [-0.39, 0.29) is 30.9 Å². The van der Waals surface area contributed by atoms with E-state index in [0.717, 1.165) is 33.4 Å². The largest absolute Gasteiger partial charge is 0.466 e. The van der Waals surface area contributed by atoms with Gasteiger partial charge in [-0.1, -0.05) is 84.9 Å². The maximum absolute atomic E-state index is 15.8. The number of carbonyl (C=O) groups is 1. The van der Waals surface area contributed by atoms with Crippen LogP contribution in [-0.2, 0) is 16.1 Å². The van der Waals surface area contributed by atoms with Crippen molar-refractivity contribution < 1.29 is 13.9 Å². The second-order valence-electron chi connectivity index (χ2n) is 9.77. The van der Waals surface area contributed by atoms with Gasteiger partial charge in [0.25, 0.3) is 0 Å². The molecule has 0 saturated carbocycles. The minimum Gasteiger partial charge on any atom is -0.466 e. The van der Waals surface area contributed by atoms with Crippen molar-refractivity contribution in [2.45, 2.75) is 52.7 Å². The molecule has 3 nitrogen and oxygen atoms in total. The van der Waals surface area contributed by atoms with Gasteiger partial charge in [-0.05, 0) is 73.2 Å². The molecule has 4 rings (SSSR count). The van der Waals surface area contributed by atoms with Crippen LogP contribution >= 0.6 is 0 Å². The lowest BCUT2D eigenvalue weighted by molar-refractivity contribution is -0.145. The molecule has 0 fully saturated rings. The molecule has 0 radical (unpaired) electrons. The van der Waals surface area contributed by atoms with Crippen molar-refractivity contribution in [2.75, 3.05) is 6.61 Å². The number of aryl methyl sites for hydroxylation is 2. The van der Waals surface area contributed by atoms with Gasteiger partial charge >= 0.3 is 5.97 Å². The van der Waals surface area contributed by atoms with Crippen LogP contribution in [0.5, 0.6) is 0 Å². The van der Waals surface area contributed by atoms with Crippen LogP contribution in [0.1, 0.15) is 60.2 Å². The third kappa shape index (κ3) is 6.38. The molecule has 0 aromatic heterocycles. The first-order valence-electron chi connectivity index (χ1n) is 13.2. The summed E-state index contributed by atoms with van der Waals surface area (Å²) in [5.74, 6) is -0.666. The van der Waals surface area contributed by atoms with Crippen molar-refractivity contribution in [3.63, 3.8) is 0 Å². The van der Waals surface area contributed by atoms with Crippen molar-refractivity contribution in [3.8, 4) is 11.1 Å². The highest BCUT2D eigenvalue weighted by Crippen LogP contribution is 2.38. The van der Waals surface area contributed by atoms with Crippen LogP contribution in [0.3, 0.4) is 0 Å². The summed E-state index contributed by atoms with van der Waals surface area (Å²) in [7, 11) is 0. The van der Waals surface area contributed by atoms with E-state index in [1.54, 1.807) is 6.92 Å². The molecule has 0 N–H and O–H groups in total. The average Bonchev–Trinajstić information content (AvgIpc) is 2.92. The van der Waals surface area contributed by atoms with Gasteiger partial charge in [0.05, 0.1) is 13.0 Å². The number of esters is 1. The summed E-state index contributed by atoms with van der Waals surface area (Å²) in [6.45, 7) is 8.88. The molecule has 0 aliphatic rings. The van der Waals surface area contributed by atoms with Crippen molar-refractivity contribution in [3.05, 3.63) is 131 Å². The van der Waals surface area contributed by atoms with Gasteiger partial charge in [-0.3, -0.25) is 9.69 Å². The maximum Gasteiger partial charge on any atom is 0.307 e. The van der Waals surface area contributed by atoms with Gasteiger partial charge in [0.1, 0.15) is 5.82 Å². The molecular formula is C34H36FNO2. The number of carbonyl (C=O) groups excluding carboxylic acids is 1. The first kappa shape index (κ1) is 27.3. The third-order valence-electron chi connectivity index (χ3n) is 7.18. The summed E-state index contributed by atoms with van der Waals surface area (Å²) < 4.78 is 21.1. The summed E-state index contributed by atoms with van der Waals surface area (Å²) in [5, 5.41) is 0. The maximum atomic E-state index is 15.8. The number of ether oxygens (including phenoxy) is 1. The third-order valence-corrected chi connectivity index (χ3v) is 7.18. The smallest absolute Gasteiger partial charge is 0.307 e. The lowest BCUT2D eigenvalue weighted by Crippen LogP contribution is -2.33. The predicted octanol–water partition coefficient (Wildman–Crippen LogP) is 8.37. The Labute approximate surface area is 225 Å². The van der Waals surface area contributed by atoms with Crippen molar-refractivity contribution >= 4 is 5.97 Å². The van der Waals surface area contributed by atoms with E-state index in [1.165, 1.54) is 6.07 Å². The molecule has 196 valence electrons. The number of benzene rings is 4. The van der Waals surface area contributed by atoms with Crippen LogP contribution in [0.4, 0.5) is 4.39 Å². The molecule has 0 aliphatic carbocycles. The van der Waals surface area contributed by atoms with Crippen molar-refractivity contribution in [1.82, 2.24) is 4.90 Å². The highest BCUT2D eigenvalue weighted by Gasteiger charge is 2.31. The fourth-order valence-electron chi connectivity index (χ4n) is 5.24. The lowest BCUT2D eigenvalue weighted by Gasteiger charge is -2.37. The Kier molecular flexibility index (Phi) is 9.09. The summed E-state index contributed by atoms with van der Waals surface area (Å²) in [6, 6.07) is 31.1. The van der Waals surface area contributed by atoms with Gasteiger partial charge in [-0.25, -0.2) is 4.39 Å². The monoisotopic (exact) mass is 509 g/mol. The zero-order valence-corrected chi connectivity index (χ0v) is 22.7. The zero-order valence-electron chi connectivity index (χ0n) is 22.7. The van der Waals surface area contributed by atoms with Crippen LogP contribution < -0.4 is 0 Å². The van der Waals surface area contributed by atoms with E-state index >= 15 is 4.39 Å². The topological polar surface area (TPSA) is 29.5 Å². The first-order valence-corrected chi connectivity index (χ1v) is 13.2. The lowest BCUT2D eigenvalue weighted by atomic mass is 9.91. The SMILES string of the molecule is CCOC(=O)CC(c1cc(-c2c(C)cccc2C)ccc1F)N(Cc1ccccc1)C(C)c1ccccc1. The Balaban J connectivity index is 1.87. The molecule has 0 bridgehead atoms. The predicted molar refractivity (Wildman–Crippen MR) is 152 cm³/mol. The number of hydrogen-bond acceptors (Lipinski definition) is 3. The quantitative estimate of drug-likeness (QED) is 0.201. The summed E-state index contributed by atoms with van der Waals surface area (Å²) in [4.78, 5) is 15.2. The van der Waals surface area contributed by atoms with Crippen LogP contribution in [0.25, 0.3) is 11.1 Å². The fourth-order valence-corrected chi connectivity index (χ4v) is 5.24. The van der Waals surface area contributed by atoms with E-state index < -0.39 is 6.04 Å². The van der Waals surface area contributed by atoms with Gasteiger partial charge in [0.2, 0.25) is 0 Å². The molecule has 0 amide bonds. The van der Waals surface area contributed by atoms with Gasteiger partial charge in [0.15, 0.2) is 0 Å². The van der Waals surface area contributed by atoms with Crippen LogP contribution in [0.2, 0.25) is 0 Å². The van der Waals surface area contributed by atoms with Gasteiger partial charge in [0, 0.05) is 24.2 Å². The second kappa shape index (κ2) is 12.7. The molecule has 4 aromatic carbocycles. The molecular weight excluding hydrogens is 473 g/mol. The van der Waals surface area contributed by atoms with E-state index in [2.05, 4.69) is 62.1 Å². The minimum atomic E-state index is -0.534. The standard InChI is InChI=1S/C34H36FNO2/c1-5-38-33(37)22-32(30-21-29(19-20-31(30)35)34-24(2)13-12-14-25(34)3)36(23-27-15-8-6-9-16-27)26(4)28-17-10-7-11-18-28/h6-21,26,32H,5,22-23H2,1-4H3. The van der Waals surface area contributed by atoms with Gasteiger partial charge in [-0.2, -0.15) is 0 Å². The van der Waals surface area contributed by atoms with Crippen molar-refractivity contribution in [2.24, 2.45) is 0 Å². The Morgan fingerprint density at radius 2 is 1.50 bits per heavy atom. The molecule has 0 spiro atoms. The first-order chi connectivity index (χ1) is 18.4. The Morgan fingerprint density at radius 1 is 0.868 bits per heavy atom. The summed E-state index contributed by atoms with van der Waals surface area (Å²) in [6.07, 6.45) is 0.0466. The number of nitrogens with zero attached hydrogens (tertiary/aromatic N) is 1. The van der Waals surface area contributed by atoms with E-state index in [1.807, 2.05) is 54.6 Å². The van der Waals surface area contributed by atoms with Gasteiger partial charge < -0.3 is 4.74 Å². The van der Waals surface area contributed by atoms with E-state index in [0.29, 0.717) is 12.1 Å². The summed E-state index contributed by atoms with van der Waals surface area (Å²) >= 11 is 0. The molecule has 0 aliphatic heterocycles. The Hall–Kier alpha value is -3.76. The molecule has 2 atom stereocenters. The number of hydrogen-bond donors (Lipinski definition) is 0. The molecule has 0 heterocycles. The molecule has 4 heteroatoms. The second-order valence-corrected chi connectivity index (χ2v) is 9.77. The molecule has 38 heavy (non-hydrogen) atoms.